The number of carboxylic acid groups (broad SMARTS) is 1. The maximum absolute atomic E-state index is 13.7. The van der Waals surface area contributed by atoms with E-state index in [1.165, 1.54) is 30.6 Å². The van der Waals surface area contributed by atoms with Gasteiger partial charge in [0.05, 0.1) is 5.56 Å². The molecule has 1 heterocycles. The van der Waals surface area contributed by atoms with Crippen molar-refractivity contribution in [1.82, 2.24) is 4.98 Å². The van der Waals surface area contributed by atoms with Crippen molar-refractivity contribution in [2.75, 3.05) is 0 Å². The van der Waals surface area contributed by atoms with E-state index in [0.717, 1.165) is 0 Å². The number of nitrogens with zero attached hydrogens (tertiary/aromatic N) is 1. The summed E-state index contributed by atoms with van der Waals surface area (Å²) in [5.41, 5.74) is 0.837. The standard InChI is InChI=1S/C15H12FNO3/c16-13-5-3-10(4-6-14(18)19)8-12(13)15(20)11-2-1-7-17-9-11/h1-3,5,7-9H,4,6H2,(H,18,19). The second-order valence-electron chi connectivity index (χ2n) is 4.28. The molecular weight excluding hydrogens is 261 g/mol. The molecule has 0 spiro atoms. The van der Waals surface area contributed by atoms with Gasteiger partial charge >= 0.3 is 5.97 Å². The molecule has 4 nitrogen and oxygen atoms in total. The Balaban J connectivity index is 2.29. The van der Waals surface area contributed by atoms with E-state index in [-0.39, 0.29) is 18.4 Å². The summed E-state index contributed by atoms with van der Waals surface area (Å²) in [5.74, 6) is -2.03. The molecule has 0 saturated carbocycles. The van der Waals surface area contributed by atoms with Crippen molar-refractivity contribution in [2.45, 2.75) is 12.8 Å². The molecule has 0 aliphatic heterocycles. The molecule has 0 fully saturated rings. The minimum Gasteiger partial charge on any atom is -0.481 e. The number of pyridine rings is 1. The van der Waals surface area contributed by atoms with Crippen LogP contribution in [0.3, 0.4) is 0 Å². The van der Waals surface area contributed by atoms with Gasteiger partial charge in [0.2, 0.25) is 0 Å². The van der Waals surface area contributed by atoms with Crippen molar-refractivity contribution in [3.05, 3.63) is 65.2 Å². The molecule has 20 heavy (non-hydrogen) atoms. The van der Waals surface area contributed by atoms with E-state index in [1.54, 1.807) is 12.1 Å². The van der Waals surface area contributed by atoms with Crippen molar-refractivity contribution in [3.8, 4) is 0 Å². The second-order valence-corrected chi connectivity index (χ2v) is 4.28. The molecule has 1 aromatic carbocycles. The van der Waals surface area contributed by atoms with E-state index in [4.69, 9.17) is 5.11 Å². The van der Waals surface area contributed by atoms with Crippen molar-refractivity contribution in [1.29, 1.82) is 0 Å². The fraction of sp³-hybridized carbons (Fsp3) is 0.133. The lowest BCUT2D eigenvalue weighted by Gasteiger charge is -2.05. The average molecular weight is 273 g/mol. The first kappa shape index (κ1) is 13.9. The number of ketones is 1. The zero-order chi connectivity index (χ0) is 14.5. The maximum Gasteiger partial charge on any atom is 0.303 e. The van der Waals surface area contributed by atoms with Gasteiger partial charge in [0.25, 0.3) is 0 Å². The summed E-state index contributed by atoms with van der Waals surface area (Å²) in [6.07, 6.45) is 3.08. The second kappa shape index (κ2) is 6.06. The van der Waals surface area contributed by atoms with Crippen LogP contribution in [0.4, 0.5) is 4.39 Å². The van der Waals surface area contributed by atoms with Gasteiger partial charge in [-0.3, -0.25) is 14.6 Å². The van der Waals surface area contributed by atoms with Gasteiger partial charge in [0.1, 0.15) is 5.82 Å². The van der Waals surface area contributed by atoms with E-state index in [9.17, 15) is 14.0 Å². The SMILES string of the molecule is O=C(O)CCc1ccc(F)c(C(=O)c2cccnc2)c1. The summed E-state index contributed by atoms with van der Waals surface area (Å²) in [6.45, 7) is 0. The Morgan fingerprint density at radius 2 is 2.05 bits per heavy atom. The molecule has 102 valence electrons. The summed E-state index contributed by atoms with van der Waals surface area (Å²) in [4.78, 5) is 26.5. The van der Waals surface area contributed by atoms with Gasteiger partial charge < -0.3 is 5.11 Å². The number of hydrogen-bond acceptors (Lipinski definition) is 3. The molecule has 1 N–H and O–H groups in total. The lowest BCUT2D eigenvalue weighted by atomic mass is 10.00. The molecule has 2 rings (SSSR count). The number of halogens is 1. The van der Waals surface area contributed by atoms with Crippen LogP contribution in [-0.2, 0) is 11.2 Å². The zero-order valence-corrected chi connectivity index (χ0v) is 10.5. The van der Waals surface area contributed by atoms with Crippen molar-refractivity contribution < 1.29 is 19.1 Å². The monoisotopic (exact) mass is 273 g/mol. The third-order valence-electron chi connectivity index (χ3n) is 2.83. The van der Waals surface area contributed by atoms with Gasteiger partial charge in [0.15, 0.2) is 5.78 Å². The quantitative estimate of drug-likeness (QED) is 0.850. The molecule has 0 saturated heterocycles. The van der Waals surface area contributed by atoms with Crippen molar-refractivity contribution >= 4 is 11.8 Å². The lowest BCUT2D eigenvalue weighted by Crippen LogP contribution is -2.06. The van der Waals surface area contributed by atoms with Crippen LogP contribution in [-0.4, -0.2) is 21.8 Å². The third kappa shape index (κ3) is 3.26. The largest absolute Gasteiger partial charge is 0.481 e. The van der Waals surface area contributed by atoms with E-state index in [0.29, 0.717) is 11.1 Å². The number of carbonyl (C=O) groups excluding carboxylic acids is 1. The summed E-state index contributed by atoms with van der Waals surface area (Å²) >= 11 is 0. The Bertz CT molecular complexity index is 641. The smallest absolute Gasteiger partial charge is 0.303 e. The third-order valence-corrected chi connectivity index (χ3v) is 2.83. The van der Waals surface area contributed by atoms with E-state index in [2.05, 4.69) is 4.98 Å². The van der Waals surface area contributed by atoms with Crippen LogP contribution in [0.15, 0.2) is 42.7 Å². The highest BCUT2D eigenvalue weighted by Crippen LogP contribution is 2.16. The summed E-state index contributed by atoms with van der Waals surface area (Å²) in [6, 6.07) is 7.21. The van der Waals surface area contributed by atoms with E-state index < -0.39 is 17.6 Å². The van der Waals surface area contributed by atoms with Gasteiger partial charge in [-0.15, -0.1) is 0 Å². The molecule has 0 bridgehead atoms. The predicted octanol–water partition coefficient (Wildman–Crippen LogP) is 2.47. The Kier molecular flexibility index (Phi) is 4.20. The van der Waals surface area contributed by atoms with Crippen LogP contribution in [0.1, 0.15) is 27.9 Å². The molecule has 1 aromatic heterocycles. The van der Waals surface area contributed by atoms with Gasteiger partial charge in [0, 0.05) is 24.4 Å². The topological polar surface area (TPSA) is 67.3 Å². The first-order chi connectivity index (χ1) is 9.58. The Morgan fingerprint density at radius 1 is 1.25 bits per heavy atom. The number of aromatic nitrogens is 1. The highest BCUT2D eigenvalue weighted by molar-refractivity contribution is 6.09. The molecule has 0 atom stereocenters. The van der Waals surface area contributed by atoms with Crippen LogP contribution >= 0.6 is 0 Å². The van der Waals surface area contributed by atoms with Gasteiger partial charge in [-0.2, -0.15) is 0 Å². The van der Waals surface area contributed by atoms with Gasteiger partial charge in [-0.1, -0.05) is 6.07 Å². The number of hydrogen-bond donors (Lipinski definition) is 1. The molecule has 2 aromatic rings. The number of rotatable bonds is 5. The molecule has 0 aliphatic rings. The van der Waals surface area contributed by atoms with Crippen LogP contribution in [0.5, 0.6) is 0 Å². The van der Waals surface area contributed by atoms with Crippen LogP contribution in [0, 0.1) is 5.82 Å². The Morgan fingerprint density at radius 3 is 2.70 bits per heavy atom. The fourth-order valence-electron chi connectivity index (χ4n) is 1.81. The fourth-order valence-corrected chi connectivity index (χ4v) is 1.81. The van der Waals surface area contributed by atoms with Crippen molar-refractivity contribution in [2.24, 2.45) is 0 Å². The predicted molar refractivity (Wildman–Crippen MR) is 70.0 cm³/mol. The lowest BCUT2D eigenvalue weighted by molar-refractivity contribution is -0.136. The summed E-state index contributed by atoms with van der Waals surface area (Å²) < 4.78 is 13.7. The van der Waals surface area contributed by atoms with Gasteiger partial charge in [-0.05, 0) is 36.2 Å². The number of aliphatic carboxylic acids is 1. The molecular formula is C15H12FNO3. The molecule has 0 aliphatic carbocycles. The average Bonchev–Trinajstić information content (AvgIpc) is 2.46. The normalized spacial score (nSPS) is 10.2. The first-order valence-electron chi connectivity index (χ1n) is 6.03. The molecule has 0 amide bonds. The minimum atomic E-state index is -0.936. The summed E-state index contributed by atoms with van der Waals surface area (Å²) in [7, 11) is 0. The van der Waals surface area contributed by atoms with Crippen molar-refractivity contribution in [3.63, 3.8) is 0 Å². The molecule has 5 heteroatoms. The Hall–Kier alpha value is -2.56. The maximum atomic E-state index is 13.7. The number of benzene rings is 1. The number of aryl methyl sites for hydroxylation is 1. The Labute approximate surface area is 114 Å². The zero-order valence-electron chi connectivity index (χ0n) is 10.5. The van der Waals surface area contributed by atoms with E-state index in [1.807, 2.05) is 0 Å². The van der Waals surface area contributed by atoms with Crippen LogP contribution in [0.25, 0.3) is 0 Å². The summed E-state index contributed by atoms with van der Waals surface area (Å²) in [5, 5.41) is 8.64. The van der Waals surface area contributed by atoms with E-state index >= 15 is 0 Å². The van der Waals surface area contributed by atoms with Crippen LogP contribution in [0.2, 0.25) is 0 Å². The van der Waals surface area contributed by atoms with Gasteiger partial charge in [-0.25, -0.2) is 4.39 Å². The highest BCUT2D eigenvalue weighted by Gasteiger charge is 2.15. The highest BCUT2D eigenvalue weighted by atomic mass is 19.1. The number of carbonyl (C=O) groups is 2. The minimum absolute atomic E-state index is 0.0633. The number of carboxylic acids is 1. The molecule has 0 unspecified atom stereocenters. The first-order valence-corrected chi connectivity index (χ1v) is 6.03. The van der Waals surface area contributed by atoms with Crippen LogP contribution < -0.4 is 0 Å². The molecule has 0 radical (unpaired) electrons.